The third kappa shape index (κ3) is 1.70. The fourth-order valence-corrected chi connectivity index (χ4v) is 3.17. The van der Waals surface area contributed by atoms with Crippen LogP contribution in [-0.4, -0.2) is 4.98 Å². The summed E-state index contributed by atoms with van der Waals surface area (Å²) in [5, 5.41) is 4.27. The van der Waals surface area contributed by atoms with Gasteiger partial charge in [-0.15, -0.1) is 0 Å². The Balaban J connectivity index is 2.06. The van der Waals surface area contributed by atoms with Crippen molar-refractivity contribution < 1.29 is 4.42 Å². The van der Waals surface area contributed by atoms with Crippen molar-refractivity contribution in [2.24, 2.45) is 0 Å². The lowest BCUT2D eigenvalue weighted by Crippen LogP contribution is -2.04. The molecule has 108 valence electrons. The van der Waals surface area contributed by atoms with Gasteiger partial charge in [-0.1, -0.05) is 24.3 Å². The first kappa shape index (κ1) is 12.4. The molecule has 0 amide bonds. The van der Waals surface area contributed by atoms with Gasteiger partial charge < -0.3 is 4.42 Å². The molecule has 3 aromatic carbocycles. The molecule has 0 saturated heterocycles. The highest BCUT2D eigenvalue weighted by atomic mass is 16.3. The maximum atomic E-state index is 12.9. The summed E-state index contributed by atoms with van der Waals surface area (Å²) in [6.45, 7) is 0. The molecule has 0 bridgehead atoms. The number of rotatable bonds is 0. The van der Waals surface area contributed by atoms with Crippen LogP contribution in [0.15, 0.2) is 76.1 Å². The van der Waals surface area contributed by atoms with Crippen LogP contribution in [0.3, 0.4) is 0 Å². The molecule has 3 nitrogen and oxygen atoms in total. The standard InChI is InChI=1S/C20H11NO2/c22-20-15-7-8-18-14(6-3-9-23-18)19(15)21-17-11-13-5-2-1-4-12(13)10-16(17)20/h1-11H. The van der Waals surface area contributed by atoms with E-state index >= 15 is 0 Å². The molecule has 0 saturated carbocycles. The van der Waals surface area contributed by atoms with Crippen molar-refractivity contribution in [2.75, 3.05) is 0 Å². The largest absolute Gasteiger partial charge is 0.464 e. The van der Waals surface area contributed by atoms with Crippen LogP contribution >= 0.6 is 0 Å². The lowest BCUT2D eigenvalue weighted by Gasteiger charge is -2.05. The van der Waals surface area contributed by atoms with Gasteiger partial charge in [-0.05, 0) is 47.2 Å². The second-order valence-electron chi connectivity index (χ2n) is 5.64. The maximum absolute atomic E-state index is 12.9. The molecule has 5 rings (SSSR count). The van der Waals surface area contributed by atoms with Gasteiger partial charge in [-0.3, -0.25) is 4.79 Å². The number of pyridine rings is 1. The minimum Gasteiger partial charge on any atom is -0.464 e. The molecule has 0 aliphatic rings. The summed E-state index contributed by atoms with van der Waals surface area (Å²) in [6, 6.07) is 19.3. The van der Waals surface area contributed by atoms with E-state index in [-0.39, 0.29) is 5.43 Å². The maximum Gasteiger partial charge on any atom is 0.197 e. The molecule has 0 spiro atoms. The van der Waals surface area contributed by atoms with Crippen LogP contribution in [0.4, 0.5) is 0 Å². The van der Waals surface area contributed by atoms with Crippen LogP contribution in [-0.2, 0) is 0 Å². The van der Waals surface area contributed by atoms with Gasteiger partial charge in [0.2, 0.25) is 0 Å². The third-order valence-electron chi connectivity index (χ3n) is 4.30. The molecule has 0 radical (unpaired) electrons. The Bertz CT molecular complexity index is 1280. The van der Waals surface area contributed by atoms with E-state index in [1.807, 2.05) is 54.6 Å². The zero-order valence-electron chi connectivity index (χ0n) is 12.1. The predicted octanol–water partition coefficient (Wildman–Crippen LogP) is 4.65. The third-order valence-corrected chi connectivity index (χ3v) is 4.30. The fourth-order valence-electron chi connectivity index (χ4n) is 3.17. The molecular weight excluding hydrogens is 286 g/mol. The summed E-state index contributed by atoms with van der Waals surface area (Å²) < 4.78 is 5.50. The second kappa shape index (κ2) is 4.40. The average molecular weight is 297 g/mol. The van der Waals surface area contributed by atoms with Crippen LogP contribution in [0.2, 0.25) is 0 Å². The first-order chi connectivity index (χ1) is 11.3. The van der Waals surface area contributed by atoms with E-state index in [1.165, 1.54) is 0 Å². The minimum absolute atomic E-state index is 0.0153. The number of nitrogens with zero attached hydrogens (tertiary/aromatic N) is 1. The monoisotopic (exact) mass is 297 g/mol. The van der Waals surface area contributed by atoms with Crippen molar-refractivity contribution in [1.82, 2.24) is 4.98 Å². The van der Waals surface area contributed by atoms with Crippen LogP contribution in [0, 0.1) is 0 Å². The van der Waals surface area contributed by atoms with E-state index in [0.29, 0.717) is 16.3 Å². The van der Waals surface area contributed by atoms with E-state index in [1.54, 1.807) is 12.3 Å². The smallest absolute Gasteiger partial charge is 0.197 e. The molecule has 2 heterocycles. The van der Waals surface area contributed by atoms with Gasteiger partial charge in [-0.2, -0.15) is 0 Å². The number of hydrogen-bond donors (Lipinski definition) is 0. The normalized spacial score (nSPS) is 11.7. The van der Waals surface area contributed by atoms with Gasteiger partial charge in [-0.25, -0.2) is 4.98 Å². The number of benzene rings is 3. The zero-order chi connectivity index (χ0) is 15.4. The molecule has 0 atom stereocenters. The number of fused-ring (bicyclic) bond motifs is 5. The Morgan fingerprint density at radius 2 is 1.61 bits per heavy atom. The minimum atomic E-state index is 0.0153. The van der Waals surface area contributed by atoms with E-state index < -0.39 is 0 Å². The van der Waals surface area contributed by atoms with E-state index in [2.05, 4.69) is 0 Å². The quantitative estimate of drug-likeness (QED) is 0.309. The molecule has 2 aromatic heterocycles. The number of aromatic nitrogens is 1. The molecule has 3 heteroatoms. The Hall–Kier alpha value is -3.20. The van der Waals surface area contributed by atoms with E-state index in [4.69, 9.17) is 9.40 Å². The van der Waals surface area contributed by atoms with Crippen LogP contribution in [0.25, 0.3) is 43.5 Å². The predicted molar refractivity (Wildman–Crippen MR) is 92.8 cm³/mol. The second-order valence-corrected chi connectivity index (χ2v) is 5.64. The van der Waals surface area contributed by atoms with Crippen molar-refractivity contribution in [3.63, 3.8) is 0 Å². The highest BCUT2D eigenvalue weighted by Crippen LogP contribution is 2.26. The first-order valence-corrected chi connectivity index (χ1v) is 7.44. The molecule has 23 heavy (non-hydrogen) atoms. The van der Waals surface area contributed by atoms with Crippen LogP contribution in [0.1, 0.15) is 0 Å². The van der Waals surface area contributed by atoms with E-state index in [9.17, 15) is 4.79 Å². The molecule has 0 aliphatic heterocycles. The molecule has 0 aliphatic carbocycles. The van der Waals surface area contributed by atoms with Gasteiger partial charge >= 0.3 is 0 Å². The summed E-state index contributed by atoms with van der Waals surface area (Å²) in [5.74, 6) is 0. The Labute approximate surface area is 130 Å². The summed E-state index contributed by atoms with van der Waals surface area (Å²) in [7, 11) is 0. The lowest BCUT2D eigenvalue weighted by molar-refractivity contribution is 0.604. The van der Waals surface area contributed by atoms with Crippen molar-refractivity contribution in [3.8, 4) is 0 Å². The summed E-state index contributed by atoms with van der Waals surface area (Å²) in [6.07, 6.45) is 1.63. The summed E-state index contributed by atoms with van der Waals surface area (Å²) in [5.41, 5.74) is 2.16. The zero-order valence-corrected chi connectivity index (χ0v) is 12.1. The van der Waals surface area contributed by atoms with Gasteiger partial charge in [0.05, 0.1) is 17.3 Å². The van der Waals surface area contributed by atoms with Crippen molar-refractivity contribution in [1.29, 1.82) is 0 Å². The Morgan fingerprint density at radius 1 is 0.783 bits per heavy atom. The van der Waals surface area contributed by atoms with Gasteiger partial charge in [0.25, 0.3) is 0 Å². The van der Waals surface area contributed by atoms with Crippen molar-refractivity contribution >= 4 is 43.5 Å². The van der Waals surface area contributed by atoms with Crippen molar-refractivity contribution in [2.45, 2.75) is 0 Å². The van der Waals surface area contributed by atoms with Crippen molar-refractivity contribution in [3.05, 3.63) is 77.2 Å². The van der Waals surface area contributed by atoms with Gasteiger partial charge in [0, 0.05) is 16.2 Å². The average Bonchev–Trinajstić information content (AvgIpc) is 2.60. The topological polar surface area (TPSA) is 43.1 Å². The van der Waals surface area contributed by atoms with Crippen LogP contribution < -0.4 is 5.43 Å². The molecule has 0 fully saturated rings. The SMILES string of the molecule is O=c1c2cc3ccccc3cc2nc2c1ccc1occcc12. The molecule has 0 N–H and O–H groups in total. The summed E-state index contributed by atoms with van der Waals surface area (Å²) in [4.78, 5) is 17.7. The Kier molecular flexibility index (Phi) is 2.36. The Morgan fingerprint density at radius 3 is 2.48 bits per heavy atom. The van der Waals surface area contributed by atoms with Gasteiger partial charge in [0.15, 0.2) is 5.43 Å². The lowest BCUT2D eigenvalue weighted by atomic mass is 10.0. The van der Waals surface area contributed by atoms with Crippen LogP contribution in [0.5, 0.6) is 0 Å². The molecule has 0 unspecified atom stereocenters. The molecular formula is C20H11NO2. The molecule has 5 aromatic rings. The van der Waals surface area contributed by atoms with Gasteiger partial charge in [0.1, 0.15) is 5.58 Å². The first-order valence-electron chi connectivity index (χ1n) is 7.44. The summed E-state index contributed by atoms with van der Waals surface area (Å²) >= 11 is 0. The number of hydrogen-bond acceptors (Lipinski definition) is 3. The van der Waals surface area contributed by atoms with E-state index in [0.717, 1.165) is 27.3 Å². The highest BCUT2D eigenvalue weighted by Gasteiger charge is 2.11. The highest BCUT2D eigenvalue weighted by molar-refractivity contribution is 6.08. The fraction of sp³-hybridized carbons (Fsp3) is 0.